The van der Waals surface area contributed by atoms with Crippen molar-refractivity contribution in [2.45, 2.75) is 51.5 Å². The van der Waals surface area contributed by atoms with Crippen LogP contribution in [0.2, 0.25) is 0 Å². The Labute approximate surface area is 161 Å². The Morgan fingerprint density at radius 1 is 1.19 bits per heavy atom. The third-order valence-electron chi connectivity index (χ3n) is 5.95. The molecule has 6 nitrogen and oxygen atoms in total. The number of hydrogen-bond donors (Lipinski definition) is 1. The largest absolute Gasteiger partial charge is 0.480 e. The monoisotopic (exact) mass is 373 g/mol. The first-order valence-corrected chi connectivity index (χ1v) is 10.2. The van der Waals surface area contributed by atoms with Gasteiger partial charge >= 0.3 is 5.97 Å². The lowest BCUT2D eigenvalue weighted by atomic mass is 9.86. The number of nitrogens with zero attached hydrogens (tertiary/aromatic N) is 3. The lowest BCUT2D eigenvalue weighted by molar-refractivity contribution is -0.154. The van der Waals surface area contributed by atoms with Crippen LogP contribution in [0.25, 0.3) is 11.0 Å². The fourth-order valence-corrected chi connectivity index (χ4v) is 4.27. The van der Waals surface area contributed by atoms with Crippen molar-refractivity contribution in [1.82, 2.24) is 15.0 Å². The van der Waals surface area contributed by atoms with Gasteiger partial charge in [-0.2, -0.15) is 0 Å². The molecule has 1 saturated heterocycles. The number of fused-ring (bicyclic) bond motifs is 1. The van der Waals surface area contributed by atoms with Gasteiger partial charge in [0.1, 0.15) is 5.69 Å². The minimum atomic E-state index is -1.15. The second kappa shape index (κ2) is 8.85. The molecule has 0 radical (unpaired) electrons. The van der Waals surface area contributed by atoms with E-state index < -0.39 is 11.5 Å². The average Bonchev–Trinajstić information content (AvgIpc) is 2.92. The molecule has 1 aromatic heterocycles. The lowest BCUT2D eigenvalue weighted by Gasteiger charge is -2.40. The molecule has 0 saturated carbocycles. The van der Waals surface area contributed by atoms with E-state index in [0.717, 1.165) is 63.8 Å². The molecule has 3 rings (SSSR count). The van der Waals surface area contributed by atoms with Gasteiger partial charge in [0, 0.05) is 11.9 Å². The molecule has 2 heterocycles. The predicted octanol–water partition coefficient (Wildman–Crippen LogP) is 3.72. The molecular formula is C21H31N3O3. The number of aromatic nitrogens is 1. The molecule has 0 amide bonds. The number of carboxylic acid groups (broad SMARTS) is 1. The van der Waals surface area contributed by atoms with Crippen molar-refractivity contribution in [3.05, 3.63) is 30.0 Å². The van der Waals surface area contributed by atoms with Crippen LogP contribution in [0.1, 0.15) is 51.6 Å². The molecule has 27 heavy (non-hydrogen) atoms. The maximum Gasteiger partial charge on any atom is 0.330 e. The van der Waals surface area contributed by atoms with E-state index in [-0.39, 0.29) is 0 Å². The van der Waals surface area contributed by atoms with Gasteiger partial charge in [0.15, 0.2) is 11.1 Å². The number of benzene rings is 1. The Hall–Kier alpha value is -1.92. The van der Waals surface area contributed by atoms with Crippen LogP contribution >= 0.6 is 0 Å². The van der Waals surface area contributed by atoms with Crippen molar-refractivity contribution < 1.29 is 14.4 Å². The van der Waals surface area contributed by atoms with E-state index in [1.165, 1.54) is 0 Å². The van der Waals surface area contributed by atoms with Crippen molar-refractivity contribution in [2.75, 3.05) is 32.7 Å². The first-order chi connectivity index (χ1) is 13.1. The highest BCUT2D eigenvalue weighted by Crippen LogP contribution is 2.38. The Kier molecular flexibility index (Phi) is 6.50. The zero-order chi connectivity index (χ0) is 19.3. The third-order valence-corrected chi connectivity index (χ3v) is 5.95. The molecule has 0 aliphatic carbocycles. The molecule has 1 aliphatic rings. The van der Waals surface area contributed by atoms with Gasteiger partial charge in [-0.05, 0) is 57.6 Å². The van der Waals surface area contributed by atoms with E-state index >= 15 is 0 Å². The van der Waals surface area contributed by atoms with E-state index in [1.54, 1.807) is 0 Å². The summed E-state index contributed by atoms with van der Waals surface area (Å²) in [5, 5.41) is 15.6. The maximum atomic E-state index is 12.8. The van der Waals surface area contributed by atoms with Crippen LogP contribution in [-0.2, 0) is 10.3 Å². The Balaban J connectivity index is 2.09. The first kappa shape index (κ1) is 19.8. The van der Waals surface area contributed by atoms with Gasteiger partial charge in [-0.25, -0.2) is 4.79 Å². The molecule has 0 bridgehead atoms. The van der Waals surface area contributed by atoms with Crippen LogP contribution in [-0.4, -0.2) is 58.8 Å². The summed E-state index contributed by atoms with van der Waals surface area (Å²) in [6.07, 6.45) is 4.86. The van der Waals surface area contributed by atoms with Crippen LogP contribution in [0.3, 0.4) is 0 Å². The Morgan fingerprint density at radius 2 is 1.85 bits per heavy atom. The average molecular weight is 373 g/mol. The molecule has 1 fully saturated rings. The van der Waals surface area contributed by atoms with Gasteiger partial charge in [0.25, 0.3) is 0 Å². The summed E-state index contributed by atoms with van der Waals surface area (Å²) in [6, 6.07) is 7.59. The van der Waals surface area contributed by atoms with Crippen LogP contribution < -0.4 is 0 Å². The fraction of sp³-hybridized carbons (Fsp3) is 0.619. The van der Waals surface area contributed by atoms with E-state index in [9.17, 15) is 9.90 Å². The SMILES string of the molecule is CCN(CC)CCC(C(=O)O)(c1noc2ccccc12)N1CCCCCC1. The van der Waals surface area contributed by atoms with Gasteiger partial charge in [-0.15, -0.1) is 0 Å². The number of likely N-dealkylation sites (tertiary alicyclic amines) is 1. The molecular weight excluding hydrogens is 342 g/mol. The van der Waals surface area contributed by atoms with Crippen molar-refractivity contribution in [1.29, 1.82) is 0 Å². The standard InChI is InChI=1S/C21H31N3O3/c1-3-23(4-2)16-13-21(20(25)26,24-14-9-5-6-10-15-24)19-17-11-7-8-12-18(17)27-22-19/h7-8,11-12H,3-6,9-10,13-16H2,1-2H3,(H,25,26). The van der Waals surface area contributed by atoms with Gasteiger partial charge in [0.05, 0.1) is 0 Å². The summed E-state index contributed by atoms with van der Waals surface area (Å²) < 4.78 is 5.53. The Morgan fingerprint density at radius 3 is 2.48 bits per heavy atom. The van der Waals surface area contributed by atoms with Crippen molar-refractivity contribution in [2.24, 2.45) is 0 Å². The zero-order valence-corrected chi connectivity index (χ0v) is 16.5. The predicted molar refractivity (Wildman–Crippen MR) is 106 cm³/mol. The molecule has 6 heteroatoms. The maximum absolute atomic E-state index is 12.8. The second-order valence-corrected chi connectivity index (χ2v) is 7.37. The normalized spacial score (nSPS) is 18.5. The number of aliphatic carboxylic acids is 1. The lowest BCUT2D eigenvalue weighted by Crippen LogP contribution is -2.54. The summed E-state index contributed by atoms with van der Waals surface area (Å²) in [6.45, 7) is 8.33. The summed E-state index contributed by atoms with van der Waals surface area (Å²) in [5.41, 5.74) is 0.0509. The highest BCUT2D eigenvalue weighted by atomic mass is 16.5. The molecule has 1 atom stereocenters. The molecule has 1 aliphatic heterocycles. The number of rotatable bonds is 8. The van der Waals surface area contributed by atoms with Gasteiger partial charge in [-0.1, -0.05) is 44.0 Å². The smallest absolute Gasteiger partial charge is 0.330 e. The van der Waals surface area contributed by atoms with Crippen molar-refractivity contribution in [3.8, 4) is 0 Å². The highest BCUT2D eigenvalue weighted by molar-refractivity contribution is 5.89. The van der Waals surface area contributed by atoms with Gasteiger partial charge in [-0.3, -0.25) is 4.90 Å². The Bertz CT molecular complexity index is 748. The molecule has 148 valence electrons. The van der Waals surface area contributed by atoms with E-state index in [2.05, 4.69) is 28.8 Å². The highest BCUT2D eigenvalue weighted by Gasteiger charge is 2.49. The van der Waals surface area contributed by atoms with E-state index in [1.807, 2.05) is 24.3 Å². The number of carbonyl (C=O) groups is 1. The molecule has 1 aromatic carbocycles. The number of para-hydroxylation sites is 1. The van der Waals surface area contributed by atoms with E-state index in [4.69, 9.17) is 4.52 Å². The van der Waals surface area contributed by atoms with E-state index in [0.29, 0.717) is 17.7 Å². The summed E-state index contributed by atoms with van der Waals surface area (Å²) in [4.78, 5) is 17.2. The molecule has 0 spiro atoms. The van der Waals surface area contributed by atoms with Gasteiger partial charge < -0.3 is 14.5 Å². The van der Waals surface area contributed by atoms with Crippen LogP contribution in [0.4, 0.5) is 0 Å². The van der Waals surface area contributed by atoms with Crippen molar-refractivity contribution >= 4 is 16.9 Å². The molecule has 2 aromatic rings. The van der Waals surface area contributed by atoms with Crippen molar-refractivity contribution in [3.63, 3.8) is 0 Å². The van der Waals surface area contributed by atoms with Crippen LogP contribution in [0.5, 0.6) is 0 Å². The summed E-state index contributed by atoms with van der Waals surface area (Å²) in [7, 11) is 0. The minimum absolute atomic E-state index is 0.501. The summed E-state index contributed by atoms with van der Waals surface area (Å²) in [5.74, 6) is -0.824. The third kappa shape index (κ3) is 3.87. The van der Waals surface area contributed by atoms with Crippen LogP contribution in [0, 0.1) is 0 Å². The topological polar surface area (TPSA) is 69.8 Å². The first-order valence-electron chi connectivity index (χ1n) is 10.2. The number of hydrogen-bond acceptors (Lipinski definition) is 5. The second-order valence-electron chi connectivity index (χ2n) is 7.37. The summed E-state index contributed by atoms with van der Waals surface area (Å²) >= 11 is 0. The van der Waals surface area contributed by atoms with Gasteiger partial charge in [0.2, 0.25) is 0 Å². The fourth-order valence-electron chi connectivity index (χ4n) is 4.27. The zero-order valence-electron chi connectivity index (χ0n) is 16.5. The molecule has 1 N–H and O–H groups in total. The minimum Gasteiger partial charge on any atom is -0.480 e. The molecule has 1 unspecified atom stereocenters. The quantitative estimate of drug-likeness (QED) is 0.761. The van der Waals surface area contributed by atoms with Crippen LogP contribution in [0.15, 0.2) is 28.8 Å². The number of carboxylic acids is 1.